The summed E-state index contributed by atoms with van der Waals surface area (Å²) in [5.41, 5.74) is 2.67. The average Bonchev–Trinajstić information content (AvgIpc) is 3.28. The summed E-state index contributed by atoms with van der Waals surface area (Å²) in [6.45, 7) is 0.962. The van der Waals surface area contributed by atoms with Crippen molar-refractivity contribution in [3.63, 3.8) is 0 Å². The first-order chi connectivity index (χ1) is 21.0. The van der Waals surface area contributed by atoms with Crippen LogP contribution in [0.4, 0.5) is 0 Å². The van der Waals surface area contributed by atoms with Gasteiger partial charge < -0.3 is 24.7 Å². The number of methoxy groups -OCH3 is 1. The maximum Gasteiger partial charge on any atom is 0.341 e. The molecule has 0 atom stereocenters. The van der Waals surface area contributed by atoms with Crippen molar-refractivity contribution in [2.45, 2.75) is 13.3 Å². The SMILES string of the molecule is COc1ccc2c(c1)c(CC(=O)OCC(=O)O)c(C)n2C(=O)c1ccc(Cl)cc1.O=C(NCCO[N+](=O)[O-])c1ccccc1. The molecular weight excluding hydrogens is 598 g/mol. The van der Waals surface area contributed by atoms with Crippen LogP contribution in [0.5, 0.6) is 5.75 Å². The largest absolute Gasteiger partial charge is 0.497 e. The molecule has 1 amide bonds. The number of ether oxygens (including phenoxy) is 2. The highest BCUT2D eigenvalue weighted by Crippen LogP contribution is 2.31. The number of amides is 1. The van der Waals surface area contributed by atoms with Crippen molar-refractivity contribution in [2.75, 3.05) is 26.9 Å². The number of hydrogen-bond donors (Lipinski definition) is 2. The van der Waals surface area contributed by atoms with Gasteiger partial charge in [0.25, 0.3) is 16.9 Å². The maximum atomic E-state index is 13.2. The van der Waals surface area contributed by atoms with Crippen LogP contribution in [-0.2, 0) is 25.6 Å². The Bertz CT molecular complexity index is 1650. The molecule has 0 aliphatic heterocycles. The third-order valence-corrected chi connectivity index (χ3v) is 6.39. The summed E-state index contributed by atoms with van der Waals surface area (Å²) < 4.78 is 11.5. The Hall–Kier alpha value is -5.43. The quantitative estimate of drug-likeness (QED) is 0.107. The molecule has 1 aromatic heterocycles. The summed E-state index contributed by atoms with van der Waals surface area (Å²) in [6, 6.07) is 20.3. The molecule has 230 valence electrons. The van der Waals surface area contributed by atoms with Gasteiger partial charge in [-0.25, -0.2) is 4.79 Å². The molecular formula is C30H28ClN3O10. The number of carbonyl (C=O) groups excluding carboxylic acids is 3. The Morgan fingerprint density at radius 1 is 1.00 bits per heavy atom. The van der Waals surface area contributed by atoms with E-state index in [-0.39, 0.29) is 31.4 Å². The van der Waals surface area contributed by atoms with Crippen molar-refractivity contribution in [1.82, 2.24) is 9.88 Å². The Kier molecular flexibility index (Phi) is 11.8. The number of esters is 1. The van der Waals surface area contributed by atoms with Crippen molar-refractivity contribution in [1.29, 1.82) is 0 Å². The van der Waals surface area contributed by atoms with Crippen LogP contribution in [-0.4, -0.2) is 65.4 Å². The summed E-state index contributed by atoms with van der Waals surface area (Å²) in [5.74, 6) is -1.93. The first-order valence-electron chi connectivity index (χ1n) is 13.0. The van der Waals surface area contributed by atoms with E-state index in [0.717, 1.165) is 0 Å². The Morgan fingerprint density at radius 2 is 1.68 bits per heavy atom. The van der Waals surface area contributed by atoms with E-state index < -0.39 is 23.6 Å². The summed E-state index contributed by atoms with van der Waals surface area (Å²) in [7, 11) is 1.52. The third-order valence-electron chi connectivity index (χ3n) is 6.13. The van der Waals surface area contributed by atoms with Gasteiger partial charge in [-0.3, -0.25) is 19.0 Å². The van der Waals surface area contributed by atoms with Crippen LogP contribution in [0.2, 0.25) is 5.02 Å². The minimum absolute atomic E-state index is 0.106. The van der Waals surface area contributed by atoms with Crippen LogP contribution in [0.25, 0.3) is 10.9 Å². The van der Waals surface area contributed by atoms with E-state index in [9.17, 15) is 29.3 Å². The van der Waals surface area contributed by atoms with Crippen LogP contribution < -0.4 is 10.1 Å². The number of halogens is 1. The molecule has 0 saturated carbocycles. The predicted octanol–water partition coefficient (Wildman–Crippen LogP) is 4.10. The summed E-state index contributed by atoms with van der Waals surface area (Å²) >= 11 is 5.91. The lowest BCUT2D eigenvalue weighted by Crippen LogP contribution is -2.27. The van der Waals surface area contributed by atoms with Gasteiger partial charge in [-0.2, -0.15) is 0 Å². The van der Waals surface area contributed by atoms with E-state index >= 15 is 0 Å². The molecule has 0 unspecified atom stereocenters. The molecule has 3 aromatic carbocycles. The first-order valence-corrected chi connectivity index (χ1v) is 13.4. The Balaban J connectivity index is 0.000000297. The van der Waals surface area contributed by atoms with Crippen molar-refractivity contribution in [3.8, 4) is 5.75 Å². The lowest BCUT2D eigenvalue weighted by Gasteiger charge is -2.08. The van der Waals surface area contributed by atoms with Gasteiger partial charge in [0.15, 0.2) is 6.61 Å². The van der Waals surface area contributed by atoms with E-state index in [4.69, 9.17) is 26.2 Å². The molecule has 1 heterocycles. The number of carbonyl (C=O) groups is 4. The average molecular weight is 626 g/mol. The van der Waals surface area contributed by atoms with Gasteiger partial charge in [-0.05, 0) is 67.1 Å². The molecule has 0 bridgehead atoms. The molecule has 0 fully saturated rings. The van der Waals surface area contributed by atoms with Gasteiger partial charge in [0.1, 0.15) is 12.4 Å². The predicted molar refractivity (Wildman–Crippen MR) is 158 cm³/mol. The third kappa shape index (κ3) is 9.03. The molecule has 4 aromatic rings. The van der Waals surface area contributed by atoms with Gasteiger partial charge in [0.05, 0.1) is 19.0 Å². The second-order valence-electron chi connectivity index (χ2n) is 9.00. The smallest absolute Gasteiger partial charge is 0.341 e. The molecule has 44 heavy (non-hydrogen) atoms. The van der Waals surface area contributed by atoms with E-state index in [0.29, 0.717) is 44.1 Å². The second-order valence-corrected chi connectivity index (χ2v) is 9.44. The second kappa shape index (κ2) is 15.7. The number of nitrogens with one attached hydrogen (secondary N) is 1. The zero-order chi connectivity index (χ0) is 32.2. The van der Waals surface area contributed by atoms with Crippen molar-refractivity contribution in [2.24, 2.45) is 0 Å². The minimum atomic E-state index is -1.24. The number of aromatic nitrogens is 1. The van der Waals surface area contributed by atoms with Crippen LogP contribution in [0, 0.1) is 17.0 Å². The molecule has 0 radical (unpaired) electrons. The van der Waals surface area contributed by atoms with Crippen molar-refractivity contribution >= 4 is 46.3 Å². The number of carboxylic acids is 1. The number of rotatable bonds is 11. The number of aliphatic carboxylic acids is 1. The zero-order valence-corrected chi connectivity index (χ0v) is 24.4. The Morgan fingerprint density at radius 3 is 2.30 bits per heavy atom. The molecule has 14 heteroatoms. The van der Waals surface area contributed by atoms with Crippen LogP contribution in [0.3, 0.4) is 0 Å². The van der Waals surface area contributed by atoms with Gasteiger partial charge in [-0.1, -0.05) is 29.8 Å². The van der Waals surface area contributed by atoms with E-state index in [2.05, 4.69) is 10.2 Å². The highest BCUT2D eigenvalue weighted by molar-refractivity contribution is 6.30. The molecule has 0 aliphatic carbocycles. The normalized spacial score (nSPS) is 10.2. The van der Waals surface area contributed by atoms with E-state index in [1.165, 1.54) is 11.7 Å². The van der Waals surface area contributed by atoms with Gasteiger partial charge in [-0.15, -0.1) is 10.1 Å². The van der Waals surface area contributed by atoms with Crippen molar-refractivity contribution in [3.05, 3.63) is 110 Å². The van der Waals surface area contributed by atoms with Crippen molar-refractivity contribution < 1.29 is 43.7 Å². The molecule has 0 spiro atoms. The Labute approximate surface area is 256 Å². The molecule has 0 saturated heterocycles. The zero-order valence-electron chi connectivity index (χ0n) is 23.7. The van der Waals surface area contributed by atoms with Gasteiger partial charge >= 0.3 is 11.9 Å². The van der Waals surface area contributed by atoms with Crippen LogP contribution in [0.15, 0.2) is 72.8 Å². The number of fused-ring (bicyclic) bond motifs is 1. The fourth-order valence-electron chi connectivity index (χ4n) is 4.11. The fourth-order valence-corrected chi connectivity index (χ4v) is 4.24. The highest BCUT2D eigenvalue weighted by Gasteiger charge is 2.22. The monoisotopic (exact) mass is 625 g/mol. The van der Waals surface area contributed by atoms with Crippen LogP contribution >= 0.6 is 11.6 Å². The number of nitrogens with zero attached hydrogens (tertiary/aromatic N) is 2. The topological polar surface area (TPSA) is 176 Å². The lowest BCUT2D eigenvalue weighted by atomic mass is 10.1. The van der Waals surface area contributed by atoms with E-state index in [1.54, 1.807) is 79.7 Å². The summed E-state index contributed by atoms with van der Waals surface area (Å²) in [6.07, 6.45) is -0.177. The fraction of sp³-hybridized carbons (Fsp3) is 0.200. The van der Waals surface area contributed by atoms with Crippen LogP contribution in [0.1, 0.15) is 32.0 Å². The van der Waals surface area contributed by atoms with Gasteiger partial charge in [0.2, 0.25) is 0 Å². The molecule has 4 rings (SSSR count). The lowest BCUT2D eigenvalue weighted by molar-refractivity contribution is -0.757. The molecule has 0 aliphatic rings. The maximum absolute atomic E-state index is 13.2. The standard InChI is InChI=1S/C21H18ClNO6.C9H10N2O4/c1-12-16(10-20(26)29-11-19(24)25)17-9-15(28-2)7-8-18(17)23(12)21(27)13-3-5-14(22)6-4-13;12-9(8-4-2-1-3-5-8)10-6-7-15-11(13)14/h3-9H,10-11H2,1-2H3,(H,24,25);1-5H,6-7H2,(H,10,12). The highest BCUT2D eigenvalue weighted by atomic mass is 35.5. The molecule has 13 nitrogen and oxygen atoms in total. The summed E-state index contributed by atoms with van der Waals surface area (Å²) in [5, 5.41) is 21.2. The number of hydrogen-bond acceptors (Lipinski definition) is 9. The molecule has 2 N–H and O–H groups in total. The van der Waals surface area contributed by atoms with E-state index in [1.807, 2.05) is 0 Å². The first kappa shape index (κ1) is 33.1. The number of carboxylic acid groups (broad SMARTS) is 1. The van der Waals surface area contributed by atoms with Gasteiger partial charge in [0, 0.05) is 33.8 Å². The summed E-state index contributed by atoms with van der Waals surface area (Å²) in [4.78, 5) is 61.1. The minimum Gasteiger partial charge on any atom is -0.497 e. The number of benzene rings is 3.